The number of thioether (sulfide) groups is 1. The number of fused-ring (bicyclic) bond motifs is 1. The van der Waals surface area contributed by atoms with Gasteiger partial charge in [-0.3, -0.25) is 9.36 Å². The quantitative estimate of drug-likeness (QED) is 0.469. The summed E-state index contributed by atoms with van der Waals surface area (Å²) in [5.41, 5.74) is 0.728. The van der Waals surface area contributed by atoms with Crippen molar-refractivity contribution in [2.24, 2.45) is 0 Å². The average Bonchev–Trinajstić information content (AvgIpc) is 3.09. The van der Waals surface area contributed by atoms with Gasteiger partial charge in [0.05, 0.1) is 16.7 Å². The van der Waals surface area contributed by atoms with E-state index in [9.17, 15) is 4.79 Å². The van der Waals surface area contributed by atoms with Gasteiger partial charge in [0.1, 0.15) is 0 Å². The van der Waals surface area contributed by atoms with E-state index in [1.807, 2.05) is 38.1 Å². The molecule has 3 rings (SSSR count). The Labute approximate surface area is 150 Å². The highest BCUT2D eigenvalue weighted by Gasteiger charge is 2.14. The zero-order valence-electron chi connectivity index (χ0n) is 14.7. The predicted octanol–water partition coefficient (Wildman–Crippen LogP) is 4.00. The van der Waals surface area contributed by atoms with Crippen LogP contribution in [0.25, 0.3) is 10.9 Å². The van der Waals surface area contributed by atoms with Crippen molar-refractivity contribution in [3.63, 3.8) is 0 Å². The first-order valence-corrected chi connectivity index (χ1v) is 9.53. The predicted molar refractivity (Wildman–Crippen MR) is 98.9 cm³/mol. The Morgan fingerprint density at radius 2 is 2.04 bits per heavy atom. The third kappa shape index (κ3) is 3.92. The van der Waals surface area contributed by atoms with Gasteiger partial charge in [0.25, 0.3) is 5.56 Å². The number of aromatic nitrogens is 4. The maximum absolute atomic E-state index is 12.8. The highest BCUT2D eigenvalue weighted by molar-refractivity contribution is 7.98. The fraction of sp³-hybridized carbons (Fsp3) is 0.444. The van der Waals surface area contributed by atoms with Gasteiger partial charge in [-0.1, -0.05) is 56.2 Å². The summed E-state index contributed by atoms with van der Waals surface area (Å²) in [5, 5.41) is 5.33. The Morgan fingerprint density at radius 1 is 1.24 bits per heavy atom. The van der Waals surface area contributed by atoms with Gasteiger partial charge in [-0.15, -0.1) is 0 Å². The third-order valence-corrected chi connectivity index (χ3v) is 4.85. The molecule has 0 saturated heterocycles. The molecule has 0 saturated carbocycles. The van der Waals surface area contributed by atoms with Crippen molar-refractivity contribution in [1.82, 2.24) is 19.7 Å². The van der Waals surface area contributed by atoms with E-state index in [1.165, 1.54) is 11.8 Å². The zero-order chi connectivity index (χ0) is 17.8. The molecule has 0 aliphatic heterocycles. The molecule has 1 aromatic carbocycles. The minimum Gasteiger partial charge on any atom is -0.338 e. The highest BCUT2D eigenvalue weighted by Crippen LogP contribution is 2.22. The number of para-hydroxylation sites is 1. The molecule has 0 radical (unpaired) electrons. The van der Waals surface area contributed by atoms with Crippen LogP contribution in [0.2, 0.25) is 0 Å². The van der Waals surface area contributed by atoms with Crippen molar-refractivity contribution >= 4 is 22.7 Å². The number of nitrogens with zero attached hydrogens (tertiary/aromatic N) is 4. The molecule has 2 heterocycles. The molecule has 25 heavy (non-hydrogen) atoms. The zero-order valence-corrected chi connectivity index (χ0v) is 15.5. The number of rotatable bonds is 7. The lowest BCUT2D eigenvalue weighted by Crippen LogP contribution is -2.23. The summed E-state index contributed by atoms with van der Waals surface area (Å²) >= 11 is 1.46. The first-order chi connectivity index (χ1) is 12.1. The van der Waals surface area contributed by atoms with Gasteiger partial charge in [0.2, 0.25) is 5.89 Å². The van der Waals surface area contributed by atoms with Gasteiger partial charge in [-0.05, 0) is 18.6 Å². The van der Waals surface area contributed by atoms with Gasteiger partial charge >= 0.3 is 0 Å². The van der Waals surface area contributed by atoms with Crippen LogP contribution >= 0.6 is 11.8 Å². The van der Waals surface area contributed by atoms with Gasteiger partial charge in [-0.25, -0.2) is 4.98 Å². The molecule has 3 aromatic rings. The standard InChI is InChI=1S/C18H22N4O2S/c1-4-5-10-22-17(23)13-8-6-7-9-14(13)19-18(22)25-11-15-20-16(12(2)3)21-24-15/h6-9,12H,4-5,10-11H2,1-3H3. The first kappa shape index (κ1) is 17.7. The van der Waals surface area contributed by atoms with Crippen LogP contribution in [-0.2, 0) is 12.3 Å². The number of unbranched alkanes of at least 4 members (excludes halogenated alkanes) is 1. The monoisotopic (exact) mass is 358 g/mol. The van der Waals surface area contributed by atoms with Crippen molar-refractivity contribution in [3.8, 4) is 0 Å². The van der Waals surface area contributed by atoms with Crippen LogP contribution in [0.5, 0.6) is 0 Å². The van der Waals surface area contributed by atoms with E-state index in [1.54, 1.807) is 4.57 Å². The molecule has 2 aromatic heterocycles. The molecule has 0 spiro atoms. The van der Waals surface area contributed by atoms with Gasteiger partial charge in [-0.2, -0.15) is 4.98 Å². The minimum absolute atomic E-state index is 0.00921. The number of hydrogen-bond donors (Lipinski definition) is 0. The van der Waals surface area contributed by atoms with Crippen molar-refractivity contribution in [1.29, 1.82) is 0 Å². The summed E-state index contributed by atoms with van der Waals surface area (Å²) < 4.78 is 7.05. The average molecular weight is 358 g/mol. The van der Waals surface area contributed by atoms with Crippen LogP contribution in [0.15, 0.2) is 38.7 Å². The van der Waals surface area contributed by atoms with Gasteiger partial charge in [0.15, 0.2) is 11.0 Å². The smallest absolute Gasteiger partial charge is 0.262 e. The van der Waals surface area contributed by atoms with Gasteiger partial charge in [0, 0.05) is 12.5 Å². The molecular formula is C18H22N4O2S. The maximum Gasteiger partial charge on any atom is 0.262 e. The van der Waals surface area contributed by atoms with E-state index >= 15 is 0 Å². The lowest BCUT2D eigenvalue weighted by atomic mass is 10.2. The lowest BCUT2D eigenvalue weighted by Gasteiger charge is -2.12. The van der Waals surface area contributed by atoms with Crippen LogP contribution in [0.4, 0.5) is 0 Å². The molecule has 0 unspecified atom stereocenters. The Bertz CT molecular complexity index is 917. The van der Waals surface area contributed by atoms with E-state index in [0.717, 1.165) is 18.4 Å². The van der Waals surface area contributed by atoms with Crippen LogP contribution in [-0.4, -0.2) is 19.7 Å². The van der Waals surface area contributed by atoms with E-state index in [4.69, 9.17) is 4.52 Å². The molecule has 7 heteroatoms. The van der Waals surface area contributed by atoms with Crippen molar-refractivity contribution < 1.29 is 4.52 Å². The molecule has 0 fully saturated rings. The third-order valence-electron chi connectivity index (χ3n) is 3.89. The molecule has 0 atom stereocenters. The molecule has 0 aliphatic rings. The van der Waals surface area contributed by atoms with Gasteiger partial charge < -0.3 is 4.52 Å². The Balaban J connectivity index is 1.91. The van der Waals surface area contributed by atoms with E-state index < -0.39 is 0 Å². The number of benzene rings is 1. The second-order valence-electron chi connectivity index (χ2n) is 6.21. The van der Waals surface area contributed by atoms with E-state index in [2.05, 4.69) is 22.0 Å². The fourth-order valence-electron chi connectivity index (χ4n) is 2.46. The summed E-state index contributed by atoms with van der Waals surface area (Å²) in [6.07, 6.45) is 1.95. The summed E-state index contributed by atoms with van der Waals surface area (Å²) in [4.78, 5) is 21.9. The summed E-state index contributed by atoms with van der Waals surface area (Å²) in [6.45, 7) is 6.82. The second-order valence-corrected chi connectivity index (χ2v) is 7.15. The lowest BCUT2D eigenvalue weighted by molar-refractivity contribution is 0.382. The summed E-state index contributed by atoms with van der Waals surface area (Å²) in [7, 11) is 0. The molecule has 0 aliphatic carbocycles. The Kier molecular flexibility index (Phi) is 5.53. The molecule has 0 amide bonds. The normalized spacial score (nSPS) is 11.5. The molecule has 6 nitrogen and oxygen atoms in total. The fourth-order valence-corrected chi connectivity index (χ4v) is 3.32. The topological polar surface area (TPSA) is 73.8 Å². The minimum atomic E-state index is 0.00921. The summed E-state index contributed by atoms with van der Waals surface area (Å²) in [5.74, 6) is 1.98. The van der Waals surface area contributed by atoms with Crippen molar-refractivity contribution in [2.45, 2.75) is 57.0 Å². The SMILES string of the molecule is CCCCn1c(SCc2nc(C(C)C)no2)nc2ccccc2c1=O. The molecule has 0 bridgehead atoms. The van der Waals surface area contributed by atoms with Crippen LogP contribution in [0, 0.1) is 0 Å². The molecule has 132 valence electrons. The van der Waals surface area contributed by atoms with Crippen molar-refractivity contribution in [2.75, 3.05) is 0 Å². The molecular weight excluding hydrogens is 336 g/mol. The van der Waals surface area contributed by atoms with E-state index in [0.29, 0.717) is 34.6 Å². The Morgan fingerprint density at radius 3 is 2.76 bits per heavy atom. The van der Waals surface area contributed by atoms with Crippen LogP contribution in [0.3, 0.4) is 0 Å². The summed E-state index contributed by atoms with van der Waals surface area (Å²) in [6, 6.07) is 7.46. The largest absolute Gasteiger partial charge is 0.338 e. The Hall–Kier alpha value is -2.15. The number of hydrogen-bond acceptors (Lipinski definition) is 6. The van der Waals surface area contributed by atoms with E-state index in [-0.39, 0.29) is 11.5 Å². The van der Waals surface area contributed by atoms with Crippen LogP contribution in [0.1, 0.15) is 51.2 Å². The van der Waals surface area contributed by atoms with Crippen LogP contribution < -0.4 is 5.56 Å². The van der Waals surface area contributed by atoms with Crippen molar-refractivity contribution in [3.05, 3.63) is 46.3 Å². The second kappa shape index (κ2) is 7.82. The highest BCUT2D eigenvalue weighted by atomic mass is 32.2. The first-order valence-electron chi connectivity index (χ1n) is 8.55. The maximum atomic E-state index is 12.8. The molecule has 0 N–H and O–H groups in total.